The molecule has 1 aromatic heterocycles. The van der Waals surface area contributed by atoms with E-state index in [1.54, 1.807) is 13.2 Å². The van der Waals surface area contributed by atoms with E-state index in [0.717, 1.165) is 5.82 Å². The Morgan fingerprint density at radius 1 is 1.50 bits per heavy atom. The Kier molecular flexibility index (Phi) is 5.02. The van der Waals surface area contributed by atoms with Crippen molar-refractivity contribution in [3.8, 4) is 6.07 Å². The van der Waals surface area contributed by atoms with E-state index in [0.29, 0.717) is 31.9 Å². The second-order valence-electron chi connectivity index (χ2n) is 3.19. The van der Waals surface area contributed by atoms with E-state index in [1.165, 1.54) is 6.33 Å². The SMILES string of the molecule is COCCN(CCC#N)c1cc(N)ncn1. The first-order valence-electron chi connectivity index (χ1n) is 4.96. The van der Waals surface area contributed by atoms with Crippen molar-refractivity contribution < 1.29 is 4.74 Å². The highest BCUT2D eigenvalue weighted by atomic mass is 16.5. The van der Waals surface area contributed by atoms with Crippen molar-refractivity contribution in [2.75, 3.05) is 37.4 Å². The van der Waals surface area contributed by atoms with Crippen LogP contribution in [0.5, 0.6) is 0 Å². The van der Waals surface area contributed by atoms with Gasteiger partial charge in [-0.3, -0.25) is 0 Å². The summed E-state index contributed by atoms with van der Waals surface area (Å²) >= 11 is 0. The van der Waals surface area contributed by atoms with Crippen LogP contribution in [0.2, 0.25) is 0 Å². The lowest BCUT2D eigenvalue weighted by Crippen LogP contribution is -2.29. The molecule has 2 N–H and O–H groups in total. The molecule has 0 aliphatic rings. The standard InChI is InChI=1S/C10H15N5O/c1-16-6-5-15(4-2-3-11)10-7-9(12)13-8-14-10/h7-8H,2,4-6H2,1H3,(H2,12,13,14). The van der Waals surface area contributed by atoms with Crippen LogP contribution in [0.1, 0.15) is 6.42 Å². The summed E-state index contributed by atoms with van der Waals surface area (Å²) in [7, 11) is 1.64. The molecule has 0 atom stereocenters. The molecule has 6 heteroatoms. The molecule has 0 aliphatic carbocycles. The Bertz CT molecular complexity index is 362. The van der Waals surface area contributed by atoms with Gasteiger partial charge in [0.2, 0.25) is 0 Å². The van der Waals surface area contributed by atoms with Gasteiger partial charge in [0, 0.05) is 26.3 Å². The molecule has 1 rings (SSSR count). The van der Waals surface area contributed by atoms with Gasteiger partial charge in [-0.1, -0.05) is 0 Å². The molecule has 0 amide bonds. The predicted octanol–water partition coefficient (Wildman–Crippen LogP) is 0.425. The van der Waals surface area contributed by atoms with Crippen LogP contribution >= 0.6 is 0 Å². The molecule has 0 saturated heterocycles. The minimum absolute atomic E-state index is 0.421. The third-order valence-corrected chi connectivity index (χ3v) is 2.06. The van der Waals surface area contributed by atoms with Gasteiger partial charge in [0.1, 0.15) is 18.0 Å². The van der Waals surface area contributed by atoms with Crippen molar-refractivity contribution in [3.05, 3.63) is 12.4 Å². The van der Waals surface area contributed by atoms with Gasteiger partial charge >= 0.3 is 0 Å². The molecule has 0 spiro atoms. The lowest BCUT2D eigenvalue weighted by Gasteiger charge is -2.21. The van der Waals surface area contributed by atoms with Crippen molar-refractivity contribution in [3.63, 3.8) is 0 Å². The van der Waals surface area contributed by atoms with Gasteiger partial charge in [-0.2, -0.15) is 5.26 Å². The summed E-state index contributed by atoms with van der Waals surface area (Å²) in [6.07, 6.45) is 1.85. The monoisotopic (exact) mass is 221 g/mol. The summed E-state index contributed by atoms with van der Waals surface area (Å²) in [6.45, 7) is 1.86. The summed E-state index contributed by atoms with van der Waals surface area (Å²) in [4.78, 5) is 9.89. The highest BCUT2D eigenvalue weighted by Crippen LogP contribution is 2.11. The molecule has 86 valence electrons. The zero-order chi connectivity index (χ0) is 11.8. The molecule has 1 aromatic rings. The molecule has 16 heavy (non-hydrogen) atoms. The van der Waals surface area contributed by atoms with Crippen LogP contribution < -0.4 is 10.6 Å². The van der Waals surface area contributed by atoms with E-state index < -0.39 is 0 Å². The van der Waals surface area contributed by atoms with Crippen LogP contribution in [0.25, 0.3) is 0 Å². The van der Waals surface area contributed by atoms with E-state index in [-0.39, 0.29) is 0 Å². The Labute approximate surface area is 94.7 Å². The average Bonchev–Trinajstić information content (AvgIpc) is 2.29. The molecule has 0 bridgehead atoms. The zero-order valence-corrected chi connectivity index (χ0v) is 9.26. The molecule has 1 heterocycles. The first-order valence-corrected chi connectivity index (χ1v) is 4.96. The van der Waals surface area contributed by atoms with E-state index in [1.807, 2.05) is 4.90 Å². The quantitative estimate of drug-likeness (QED) is 0.749. The number of nitriles is 1. The molecule has 0 fully saturated rings. The number of rotatable bonds is 6. The molecule has 0 radical (unpaired) electrons. The van der Waals surface area contributed by atoms with Gasteiger partial charge in [-0.15, -0.1) is 0 Å². The number of hydrogen-bond acceptors (Lipinski definition) is 6. The first kappa shape index (κ1) is 12.2. The van der Waals surface area contributed by atoms with Crippen LogP contribution in [0.3, 0.4) is 0 Å². The Balaban J connectivity index is 2.70. The summed E-state index contributed by atoms with van der Waals surface area (Å²) < 4.78 is 5.00. The summed E-state index contributed by atoms with van der Waals surface area (Å²) in [5, 5.41) is 8.58. The van der Waals surface area contributed by atoms with Crippen LogP contribution in [0.4, 0.5) is 11.6 Å². The molecule has 0 saturated carbocycles. The largest absolute Gasteiger partial charge is 0.384 e. The molecular formula is C10H15N5O. The summed E-state index contributed by atoms with van der Waals surface area (Å²) in [6, 6.07) is 3.79. The Morgan fingerprint density at radius 2 is 2.31 bits per heavy atom. The third kappa shape index (κ3) is 3.71. The van der Waals surface area contributed by atoms with Crippen molar-refractivity contribution in [1.82, 2.24) is 9.97 Å². The fourth-order valence-corrected chi connectivity index (χ4v) is 1.26. The maximum Gasteiger partial charge on any atom is 0.134 e. The fourth-order valence-electron chi connectivity index (χ4n) is 1.26. The fraction of sp³-hybridized carbons (Fsp3) is 0.500. The lowest BCUT2D eigenvalue weighted by atomic mass is 10.3. The number of anilines is 2. The maximum absolute atomic E-state index is 8.58. The topological polar surface area (TPSA) is 88.1 Å². The number of nitrogens with two attached hydrogens (primary N) is 1. The van der Waals surface area contributed by atoms with Crippen molar-refractivity contribution in [1.29, 1.82) is 5.26 Å². The van der Waals surface area contributed by atoms with E-state index in [9.17, 15) is 0 Å². The minimum atomic E-state index is 0.421. The van der Waals surface area contributed by atoms with E-state index in [4.69, 9.17) is 15.7 Å². The second kappa shape index (κ2) is 6.58. The van der Waals surface area contributed by atoms with Gasteiger partial charge in [0.05, 0.1) is 19.1 Å². The van der Waals surface area contributed by atoms with E-state index >= 15 is 0 Å². The molecule has 0 aromatic carbocycles. The van der Waals surface area contributed by atoms with Crippen molar-refractivity contribution in [2.45, 2.75) is 6.42 Å². The molecular weight excluding hydrogens is 206 g/mol. The van der Waals surface area contributed by atoms with Gasteiger partial charge in [0.15, 0.2) is 0 Å². The minimum Gasteiger partial charge on any atom is -0.384 e. The Morgan fingerprint density at radius 3 is 2.94 bits per heavy atom. The molecule has 0 unspecified atom stereocenters. The van der Waals surface area contributed by atoms with Gasteiger partial charge in [-0.25, -0.2) is 9.97 Å². The van der Waals surface area contributed by atoms with E-state index in [2.05, 4.69) is 16.0 Å². The third-order valence-electron chi connectivity index (χ3n) is 2.06. The number of nitrogen functional groups attached to an aromatic ring is 1. The Hall–Kier alpha value is -1.87. The van der Waals surface area contributed by atoms with Crippen LogP contribution in [-0.2, 0) is 4.74 Å². The highest BCUT2D eigenvalue weighted by Gasteiger charge is 2.07. The first-order chi connectivity index (χ1) is 7.77. The smallest absolute Gasteiger partial charge is 0.134 e. The van der Waals surface area contributed by atoms with Gasteiger partial charge < -0.3 is 15.4 Å². The highest BCUT2D eigenvalue weighted by molar-refractivity contribution is 5.45. The number of aromatic nitrogens is 2. The maximum atomic E-state index is 8.58. The number of methoxy groups -OCH3 is 1. The average molecular weight is 221 g/mol. The van der Waals surface area contributed by atoms with Crippen LogP contribution in [0.15, 0.2) is 12.4 Å². The van der Waals surface area contributed by atoms with Crippen molar-refractivity contribution in [2.24, 2.45) is 0 Å². The number of hydrogen-bond donors (Lipinski definition) is 1. The summed E-state index contributed by atoms with van der Waals surface area (Å²) in [5.74, 6) is 1.14. The second-order valence-corrected chi connectivity index (χ2v) is 3.19. The summed E-state index contributed by atoms with van der Waals surface area (Å²) in [5.41, 5.74) is 5.58. The van der Waals surface area contributed by atoms with Crippen LogP contribution in [0, 0.1) is 11.3 Å². The molecule has 0 aliphatic heterocycles. The number of nitrogens with zero attached hydrogens (tertiary/aromatic N) is 4. The van der Waals surface area contributed by atoms with Crippen LogP contribution in [-0.4, -0.2) is 36.8 Å². The normalized spacial score (nSPS) is 9.75. The van der Waals surface area contributed by atoms with Gasteiger partial charge in [-0.05, 0) is 0 Å². The van der Waals surface area contributed by atoms with Gasteiger partial charge in [0.25, 0.3) is 0 Å². The molecule has 6 nitrogen and oxygen atoms in total. The lowest BCUT2D eigenvalue weighted by molar-refractivity contribution is 0.205. The number of ether oxygens (including phenoxy) is 1. The predicted molar refractivity (Wildman–Crippen MR) is 60.8 cm³/mol. The van der Waals surface area contributed by atoms with Crippen molar-refractivity contribution >= 4 is 11.6 Å². The zero-order valence-electron chi connectivity index (χ0n) is 9.26.